The zero-order chi connectivity index (χ0) is 22.8. The normalized spacial score (nSPS) is 12.5. The lowest BCUT2D eigenvalue weighted by Crippen LogP contribution is -2.25. The molecule has 0 N–H and O–H groups in total. The second-order valence-corrected chi connectivity index (χ2v) is 9.86. The molecule has 0 fully saturated rings. The van der Waals surface area contributed by atoms with Crippen LogP contribution in [0, 0.1) is 66.7 Å². The van der Waals surface area contributed by atoms with Gasteiger partial charge in [0.25, 0.3) is 0 Å². The smallest absolute Gasteiger partial charge is 0.101 e. The lowest BCUT2D eigenvalue weighted by molar-refractivity contribution is 0.995. The molecule has 3 aromatic rings. The van der Waals surface area contributed by atoms with Crippen LogP contribution in [0.1, 0.15) is 61.2 Å². The molecule has 2 nitrogen and oxygen atoms in total. The third-order valence-corrected chi connectivity index (χ3v) is 8.18. The highest BCUT2D eigenvalue weighted by Crippen LogP contribution is 2.52. The maximum atomic E-state index is 10.0. The van der Waals surface area contributed by atoms with E-state index in [0.717, 1.165) is 16.6 Å². The van der Waals surface area contributed by atoms with Crippen molar-refractivity contribution in [1.29, 1.82) is 5.26 Å². The molecule has 0 saturated heterocycles. The van der Waals surface area contributed by atoms with Gasteiger partial charge in [0.15, 0.2) is 0 Å². The van der Waals surface area contributed by atoms with Crippen molar-refractivity contribution in [1.82, 2.24) is 0 Å². The summed E-state index contributed by atoms with van der Waals surface area (Å²) >= 11 is 3.55. The van der Waals surface area contributed by atoms with E-state index in [4.69, 9.17) is 0 Å². The quantitative estimate of drug-likeness (QED) is 0.279. The summed E-state index contributed by atoms with van der Waals surface area (Å²) in [5.74, 6) is 0. The molecule has 4 rings (SSSR count). The standard InChI is InChI=1S/C28H29BrN2/c1-14-16(3)20(7)27-24(18(14)5)12-25-19(6)15(2)17(4)21(8)28(25)31(27)26-10-9-23(29)11-22(26)13-30/h9-11H,12H2,1-8H3. The van der Waals surface area contributed by atoms with Crippen molar-refractivity contribution in [2.45, 2.75) is 61.8 Å². The number of hydrogen-bond donors (Lipinski definition) is 0. The fourth-order valence-electron chi connectivity index (χ4n) is 5.10. The summed E-state index contributed by atoms with van der Waals surface area (Å²) in [4.78, 5) is 2.38. The third kappa shape index (κ3) is 3.04. The second-order valence-electron chi connectivity index (χ2n) is 8.94. The van der Waals surface area contributed by atoms with Gasteiger partial charge in [-0.1, -0.05) is 15.9 Å². The molecule has 1 aliphatic heterocycles. The van der Waals surface area contributed by atoms with Gasteiger partial charge in [0.05, 0.1) is 22.6 Å². The van der Waals surface area contributed by atoms with Crippen LogP contribution >= 0.6 is 15.9 Å². The van der Waals surface area contributed by atoms with Crippen LogP contribution in [0.5, 0.6) is 0 Å². The van der Waals surface area contributed by atoms with Crippen LogP contribution in [0.3, 0.4) is 0 Å². The fourth-order valence-corrected chi connectivity index (χ4v) is 5.46. The van der Waals surface area contributed by atoms with Crippen molar-refractivity contribution in [3.63, 3.8) is 0 Å². The molecule has 3 heteroatoms. The highest BCUT2D eigenvalue weighted by Gasteiger charge is 2.33. The Balaban J connectivity index is 2.22. The van der Waals surface area contributed by atoms with Gasteiger partial charge in [0.2, 0.25) is 0 Å². The van der Waals surface area contributed by atoms with E-state index in [1.807, 2.05) is 12.1 Å². The Bertz CT molecular complexity index is 1240. The molecule has 0 unspecified atom stereocenters. The molecule has 31 heavy (non-hydrogen) atoms. The van der Waals surface area contributed by atoms with Gasteiger partial charge in [-0.25, -0.2) is 0 Å². The Kier molecular flexibility index (Phi) is 5.26. The van der Waals surface area contributed by atoms with Crippen LogP contribution in [-0.2, 0) is 6.42 Å². The van der Waals surface area contributed by atoms with Crippen molar-refractivity contribution < 1.29 is 0 Å². The van der Waals surface area contributed by atoms with Gasteiger partial charge in [0, 0.05) is 10.9 Å². The van der Waals surface area contributed by atoms with Gasteiger partial charge in [-0.05, 0) is 129 Å². The van der Waals surface area contributed by atoms with Gasteiger partial charge in [0.1, 0.15) is 6.07 Å². The second kappa shape index (κ2) is 7.53. The monoisotopic (exact) mass is 472 g/mol. The number of hydrogen-bond acceptors (Lipinski definition) is 2. The summed E-state index contributed by atoms with van der Waals surface area (Å²) in [6, 6.07) is 8.49. The van der Waals surface area contributed by atoms with Crippen molar-refractivity contribution in [3.05, 3.63) is 83.9 Å². The largest absolute Gasteiger partial charge is 0.308 e. The predicted octanol–water partition coefficient (Wildman–Crippen LogP) is 8.16. The molecule has 0 spiro atoms. The third-order valence-electron chi connectivity index (χ3n) is 7.68. The first-order valence-corrected chi connectivity index (χ1v) is 11.6. The Morgan fingerprint density at radius 3 is 1.61 bits per heavy atom. The molecular formula is C28H29BrN2. The highest BCUT2D eigenvalue weighted by molar-refractivity contribution is 9.10. The summed E-state index contributed by atoms with van der Waals surface area (Å²) in [6.07, 6.45) is 0.932. The summed E-state index contributed by atoms with van der Waals surface area (Å²) in [7, 11) is 0. The number of nitriles is 1. The minimum Gasteiger partial charge on any atom is -0.308 e. The number of benzene rings is 3. The van der Waals surface area contributed by atoms with E-state index in [1.54, 1.807) is 0 Å². The average Bonchev–Trinajstić information content (AvgIpc) is 2.77. The Morgan fingerprint density at radius 2 is 1.16 bits per heavy atom. The minimum atomic E-state index is 0.679. The maximum Gasteiger partial charge on any atom is 0.101 e. The van der Waals surface area contributed by atoms with Crippen molar-refractivity contribution in [2.75, 3.05) is 4.90 Å². The molecule has 0 aromatic heterocycles. The van der Waals surface area contributed by atoms with Crippen LogP contribution in [0.15, 0.2) is 22.7 Å². The van der Waals surface area contributed by atoms with E-state index < -0.39 is 0 Å². The Labute approximate surface area is 194 Å². The van der Waals surface area contributed by atoms with Crippen LogP contribution in [-0.4, -0.2) is 0 Å². The lowest BCUT2D eigenvalue weighted by atomic mass is 9.80. The molecule has 0 aliphatic carbocycles. The van der Waals surface area contributed by atoms with E-state index in [9.17, 15) is 5.26 Å². The van der Waals surface area contributed by atoms with Gasteiger partial charge in [-0.2, -0.15) is 5.26 Å². The molecule has 3 aromatic carbocycles. The summed E-state index contributed by atoms with van der Waals surface area (Å²) in [5, 5.41) is 10.0. The Morgan fingerprint density at radius 1 is 0.710 bits per heavy atom. The number of halogens is 1. The van der Waals surface area contributed by atoms with E-state index in [2.05, 4.69) is 88.4 Å². The average molecular weight is 473 g/mol. The molecule has 1 heterocycles. The van der Waals surface area contributed by atoms with Crippen LogP contribution < -0.4 is 4.90 Å². The molecule has 0 amide bonds. The van der Waals surface area contributed by atoms with E-state index in [0.29, 0.717) is 5.56 Å². The first-order chi connectivity index (χ1) is 14.6. The van der Waals surface area contributed by atoms with Gasteiger partial charge < -0.3 is 4.90 Å². The maximum absolute atomic E-state index is 10.0. The van der Waals surface area contributed by atoms with Gasteiger partial charge in [-0.3, -0.25) is 0 Å². The van der Waals surface area contributed by atoms with Crippen LogP contribution in [0.25, 0.3) is 0 Å². The van der Waals surface area contributed by atoms with E-state index in [-0.39, 0.29) is 0 Å². The van der Waals surface area contributed by atoms with E-state index >= 15 is 0 Å². The number of anilines is 3. The zero-order valence-electron chi connectivity index (χ0n) is 19.7. The lowest BCUT2D eigenvalue weighted by Gasteiger charge is -2.40. The molecule has 0 radical (unpaired) electrons. The fraction of sp³-hybridized carbons (Fsp3) is 0.321. The minimum absolute atomic E-state index is 0.679. The van der Waals surface area contributed by atoms with Gasteiger partial charge in [-0.15, -0.1) is 0 Å². The first kappa shape index (κ1) is 21.7. The number of fused-ring (bicyclic) bond motifs is 2. The summed E-state index contributed by atoms with van der Waals surface area (Å²) in [6.45, 7) is 17.9. The molecule has 1 aliphatic rings. The van der Waals surface area contributed by atoms with Crippen molar-refractivity contribution >= 4 is 33.0 Å². The number of rotatable bonds is 1. The van der Waals surface area contributed by atoms with E-state index in [1.165, 1.54) is 67.0 Å². The van der Waals surface area contributed by atoms with Gasteiger partial charge >= 0.3 is 0 Å². The molecule has 158 valence electrons. The molecule has 0 saturated carbocycles. The van der Waals surface area contributed by atoms with Crippen LogP contribution in [0.2, 0.25) is 0 Å². The summed E-state index contributed by atoms with van der Waals surface area (Å²) < 4.78 is 0.922. The molecule has 0 bridgehead atoms. The van der Waals surface area contributed by atoms with Crippen molar-refractivity contribution in [3.8, 4) is 6.07 Å². The SMILES string of the molecule is Cc1c(C)c(C)c2c(c1C)Cc1c(C)c(C)c(C)c(C)c1N2c1ccc(Br)cc1C#N. The number of nitrogens with zero attached hydrogens (tertiary/aromatic N) is 2. The van der Waals surface area contributed by atoms with Crippen molar-refractivity contribution in [2.24, 2.45) is 0 Å². The molecule has 0 atom stereocenters. The summed E-state index contributed by atoms with van der Waals surface area (Å²) in [5.41, 5.74) is 17.6. The topological polar surface area (TPSA) is 27.0 Å². The first-order valence-electron chi connectivity index (χ1n) is 10.8. The predicted molar refractivity (Wildman–Crippen MR) is 134 cm³/mol. The Hall–Kier alpha value is -2.57. The molecular weight excluding hydrogens is 444 g/mol. The zero-order valence-corrected chi connectivity index (χ0v) is 21.3. The highest BCUT2D eigenvalue weighted by atomic mass is 79.9. The van der Waals surface area contributed by atoms with Crippen LogP contribution in [0.4, 0.5) is 17.1 Å².